The molecule has 1 aromatic rings. The topological polar surface area (TPSA) is 72.6 Å². The van der Waals surface area contributed by atoms with Crippen molar-refractivity contribution < 1.29 is 14.3 Å². The molecular formula is C15H23ClN2O3. The molecule has 0 heterocycles. The van der Waals surface area contributed by atoms with Crippen molar-refractivity contribution in [2.45, 2.75) is 32.9 Å². The molecule has 2 N–H and O–H groups in total. The highest BCUT2D eigenvalue weighted by Crippen LogP contribution is 2.07. The minimum atomic E-state index is -0.401. The van der Waals surface area contributed by atoms with E-state index in [2.05, 4.69) is 0 Å². The second kappa shape index (κ2) is 10.2. The number of rotatable bonds is 7. The van der Waals surface area contributed by atoms with E-state index in [9.17, 15) is 9.59 Å². The number of nitrogens with zero attached hydrogens (tertiary/aromatic N) is 1. The summed E-state index contributed by atoms with van der Waals surface area (Å²) in [7, 11) is 0. The SMILES string of the molecule is CCOC(=O)CN(Cc1ccccc1)C(=O)CC(C)N.Cl. The molecule has 0 saturated heterocycles. The molecule has 5 nitrogen and oxygen atoms in total. The Morgan fingerprint density at radius 2 is 1.90 bits per heavy atom. The first-order chi connectivity index (χ1) is 9.52. The molecule has 0 aliphatic carbocycles. The van der Waals surface area contributed by atoms with Crippen LogP contribution in [0.3, 0.4) is 0 Å². The van der Waals surface area contributed by atoms with Crippen LogP contribution < -0.4 is 5.73 Å². The largest absolute Gasteiger partial charge is 0.465 e. The first kappa shape index (κ1) is 19.4. The van der Waals surface area contributed by atoms with Gasteiger partial charge in [-0.3, -0.25) is 9.59 Å². The zero-order chi connectivity index (χ0) is 15.0. The fraction of sp³-hybridized carbons (Fsp3) is 0.467. The van der Waals surface area contributed by atoms with E-state index < -0.39 is 5.97 Å². The fourth-order valence-corrected chi connectivity index (χ4v) is 1.80. The maximum Gasteiger partial charge on any atom is 0.325 e. The summed E-state index contributed by atoms with van der Waals surface area (Å²) in [6.07, 6.45) is 0.215. The quantitative estimate of drug-likeness (QED) is 0.778. The molecule has 0 aliphatic rings. The third kappa shape index (κ3) is 7.68. The van der Waals surface area contributed by atoms with Crippen molar-refractivity contribution in [3.63, 3.8) is 0 Å². The Hall–Kier alpha value is -1.59. The van der Waals surface area contributed by atoms with Crippen LogP contribution in [0.15, 0.2) is 30.3 Å². The first-order valence-electron chi connectivity index (χ1n) is 6.75. The number of halogens is 1. The highest BCUT2D eigenvalue weighted by atomic mass is 35.5. The predicted molar refractivity (Wildman–Crippen MR) is 84.0 cm³/mol. The Bertz CT molecular complexity index is 438. The highest BCUT2D eigenvalue weighted by Gasteiger charge is 2.19. The summed E-state index contributed by atoms with van der Waals surface area (Å²) < 4.78 is 4.90. The lowest BCUT2D eigenvalue weighted by Crippen LogP contribution is -2.38. The van der Waals surface area contributed by atoms with Crippen LogP contribution in [0.2, 0.25) is 0 Å². The fourth-order valence-electron chi connectivity index (χ4n) is 1.80. The average molecular weight is 315 g/mol. The first-order valence-corrected chi connectivity index (χ1v) is 6.75. The molecule has 118 valence electrons. The lowest BCUT2D eigenvalue weighted by atomic mass is 10.2. The Morgan fingerprint density at radius 3 is 2.43 bits per heavy atom. The van der Waals surface area contributed by atoms with Gasteiger partial charge in [-0.25, -0.2) is 0 Å². The molecule has 0 bridgehead atoms. The lowest BCUT2D eigenvalue weighted by molar-refractivity contribution is -0.149. The normalized spacial score (nSPS) is 11.2. The molecule has 6 heteroatoms. The van der Waals surface area contributed by atoms with Crippen LogP contribution in [0.5, 0.6) is 0 Å². The monoisotopic (exact) mass is 314 g/mol. The molecule has 0 saturated carbocycles. The number of nitrogens with two attached hydrogens (primary N) is 1. The maximum absolute atomic E-state index is 12.1. The number of hydrogen-bond acceptors (Lipinski definition) is 4. The number of carbonyl (C=O) groups excluding carboxylic acids is 2. The van der Waals surface area contributed by atoms with E-state index in [0.717, 1.165) is 5.56 Å². The van der Waals surface area contributed by atoms with Crippen molar-refractivity contribution in [2.24, 2.45) is 5.73 Å². The van der Waals surface area contributed by atoms with Crippen molar-refractivity contribution in [1.82, 2.24) is 4.90 Å². The third-order valence-electron chi connectivity index (χ3n) is 2.69. The minimum Gasteiger partial charge on any atom is -0.465 e. The second-order valence-corrected chi connectivity index (χ2v) is 4.72. The van der Waals surface area contributed by atoms with Gasteiger partial charge in [0.25, 0.3) is 0 Å². The molecule has 1 atom stereocenters. The number of hydrogen-bond donors (Lipinski definition) is 1. The van der Waals surface area contributed by atoms with Crippen molar-refractivity contribution in [3.05, 3.63) is 35.9 Å². The number of carbonyl (C=O) groups is 2. The smallest absolute Gasteiger partial charge is 0.325 e. The van der Waals surface area contributed by atoms with Crippen LogP contribution in [0.25, 0.3) is 0 Å². The van der Waals surface area contributed by atoms with Crippen LogP contribution in [-0.4, -0.2) is 36.0 Å². The summed E-state index contributed by atoms with van der Waals surface area (Å²) in [5.41, 5.74) is 6.62. The van der Waals surface area contributed by atoms with E-state index in [0.29, 0.717) is 13.2 Å². The number of benzene rings is 1. The molecule has 21 heavy (non-hydrogen) atoms. The van der Waals surface area contributed by atoms with Crippen molar-refractivity contribution in [1.29, 1.82) is 0 Å². The molecular weight excluding hydrogens is 292 g/mol. The molecule has 1 unspecified atom stereocenters. The van der Waals surface area contributed by atoms with E-state index in [4.69, 9.17) is 10.5 Å². The van der Waals surface area contributed by atoms with Gasteiger partial charge in [0.2, 0.25) is 5.91 Å². The highest BCUT2D eigenvalue weighted by molar-refractivity contribution is 5.85. The van der Waals surface area contributed by atoms with Crippen LogP contribution in [0.1, 0.15) is 25.8 Å². The molecule has 0 radical (unpaired) electrons. The Kier molecular flexibility index (Phi) is 9.41. The Morgan fingerprint density at radius 1 is 1.29 bits per heavy atom. The zero-order valence-corrected chi connectivity index (χ0v) is 13.3. The summed E-state index contributed by atoms with van der Waals surface area (Å²) in [4.78, 5) is 25.2. The van der Waals surface area contributed by atoms with Gasteiger partial charge in [0, 0.05) is 19.0 Å². The third-order valence-corrected chi connectivity index (χ3v) is 2.69. The van der Waals surface area contributed by atoms with Gasteiger partial charge in [-0.05, 0) is 19.4 Å². The van der Waals surface area contributed by atoms with Gasteiger partial charge in [-0.1, -0.05) is 30.3 Å². The molecule has 0 aromatic heterocycles. The zero-order valence-electron chi connectivity index (χ0n) is 12.5. The van der Waals surface area contributed by atoms with Gasteiger partial charge in [-0.2, -0.15) is 0 Å². The number of ether oxygens (including phenoxy) is 1. The Balaban J connectivity index is 0.00000400. The molecule has 1 amide bonds. The van der Waals surface area contributed by atoms with Gasteiger partial charge in [-0.15, -0.1) is 12.4 Å². The summed E-state index contributed by atoms with van der Waals surface area (Å²) in [6.45, 7) is 4.14. The van der Waals surface area contributed by atoms with Crippen LogP contribution >= 0.6 is 12.4 Å². The summed E-state index contributed by atoms with van der Waals surface area (Å²) >= 11 is 0. The van der Waals surface area contributed by atoms with Crippen LogP contribution in [0.4, 0.5) is 0 Å². The maximum atomic E-state index is 12.1. The van der Waals surface area contributed by atoms with Gasteiger partial charge in [0.15, 0.2) is 0 Å². The van der Waals surface area contributed by atoms with E-state index in [1.54, 1.807) is 13.8 Å². The van der Waals surface area contributed by atoms with Crippen molar-refractivity contribution in [3.8, 4) is 0 Å². The summed E-state index contributed by atoms with van der Waals surface area (Å²) in [5.74, 6) is -0.543. The van der Waals surface area contributed by atoms with E-state index in [1.165, 1.54) is 4.90 Å². The standard InChI is InChI=1S/C15H22N2O3.ClH/c1-3-20-15(19)11-17(14(18)9-12(2)16)10-13-7-5-4-6-8-13;/h4-8,12H,3,9-11,16H2,1-2H3;1H. The molecule has 1 aromatic carbocycles. The van der Waals surface area contributed by atoms with E-state index in [-0.39, 0.29) is 37.3 Å². The van der Waals surface area contributed by atoms with Gasteiger partial charge >= 0.3 is 5.97 Å². The second-order valence-electron chi connectivity index (χ2n) is 4.72. The summed E-state index contributed by atoms with van der Waals surface area (Å²) in [5, 5.41) is 0. The summed E-state index contributed by atoms with van der Waals surface area (Å²) in [6, 6.07) is 9.29. The number of amides is 1. The van der Waals surface area contributed by atoms with Crippen LogP contribution in [-0.2, 0) is 20.9 Å². The van der Waals surface area contributed by atoms with Crippen LogP contribution in [0, 0.1) is 0 Å². The van der Waals surface area contributed by atoms with Crippen molar-refractivity contribution in [2.75, 3.05) is 13.2 Å². The number of esters is 1. The van der Waals surface area contributed by atoms with E-state index >= 15 is 0 Å². The van der Waals surface area contributed by atoms with Gasteiger partial charge in [0.05, 0.1) is 6.61 Å². The molecule has 0 spiro atoms. The van der Waals surface area contributed by atoms with Crippen molar-refractivity contribution >= 4 is 24.3 Å². The predicted octanol–water partition coefficient (Wildman–Crippen LogP) is 1.74. The molecule has 0 fully saturated rings. The van der Waals surface area contributed by atoms with Gasteiger partial charge in [0.1, 0.15) is 6.54 Å². The lowest BCUT2D eigenvalue weighted by Gasteiger charge is -2.22. The van der Waals surface area contributed by atoms with E-state index in [1.807, 2.05) is 30.3 Å². The van der Waals surface area contributed by atoms with Gasteiger partial charge < -0.3 is 15.4 Å². The minimum absolute atomic E-state index is 0. The average Bonchev–Trinajstić information content (AvgIpc) is 2.38. The molecule has 1 rings (SSSR count). The Labute approximate surface area is 131 Å². The molecule has 0 aliphatic heterocycles.